The van der Waals surface area contributed by atoms with Crippen LogP contribution in [-0.4, -0.2) is 59.2 Å². The van der Waals surface area contributed by atoms with E-state index >= 15 is 0 Å². The zero-order valence-electron chi connectivity index (χ0n) is 16.0. The van der Waals surface area contributed by atoms with E-state index in [0.29, 0.717) is 12.1 Å². The maximum absolute atomic E-state index is 13.1. The molecule has 2 aliphatic heterocycles. The molecule has 2 aliphatic rings. The summed E-state index contributed by atoms with van der Waals surface area (Å²) in [6.45, 7) is 5.13. The van der Waals surface area contributed by atoms with Crippen LogP contribution in [0.2, 0.25) is 0 Å². The first kappa shape index (κ1) is 18.4. The molecule has 1 aromatic carbocycles. The Morgan fingerprint density at radius 3 is 2.33 bits per heavy atom. The predicted octanol–water partition coefficient (Wildman–Crippen LogP) is 2.44. The number of likely N-dealkylation sites (tertiary alicyclic amines) is 1. The topological polar surface area (TPSA) is 49.2 Å². The summed E-state index contributed by atoms with van der Waals surface area (Å²) in [5.74, 6) is -0.165. The molecule has 3 heterocycles. The highest BCUT2D eigenvalue weighted by molar-refractivity contribution is 5.46. The molecule has 146 valence electrons. The van der Waals surface area contributed by atoms with Crippen molar-refractivity contribution in [2.45, 2.75) is 44.3 Å². The minimum Gasteiger partial charge on any atom is -0.371 e. The largest absolute Gasteiger partial charge is 0.371 e. The molecule has 0 atom stereocenters. The van der Waals surface area contributed by atoms with Crippen molar-refractivity contribution in [3.63, 3.8) is 0 Å². The van der Waals surface area contributed by atoms with Crippen molar-refractivity contribution in [3.05, 3.63) is 42.0 Å². The normalized spacial score (nSPS) is 20.3. The molecular weight excluding hydrogens is 343 g/mol. The fourth-order valence-corrected chi connectivity index (χ4v) is 4.41. The van der Waals surface area contributed by atoms with Crippen molar-refractivity contribution in [2.75, 3.05) is 38.1 Å². The van der Waals surface area contributed by atoms with Gasteiger partial charge >= 0.3 is 0 Å². The number of hydrogen-bond acceptors (Lipinski definition) is 5. The number of nitrogens with one attached hydrogen (secondary N) is 1. The molecule has 0 saturated carbocycles. The van der Waals surface area contributed by atoms with E-state index in [9.17, 15) is 4.39 Å². The van der Waals surface area contributed by atoms with Gasteiger partial charge in [0.1, 0.15) is 5.82 Å². The van der Waals surface area contributed by atoms with Crippen LogP contribution in [0.5, 0.6) is 0 Å². The first-order valence-electron chi connectivity index (χ1n) is 10.0. The van der Waals surface area contributed by atoms with Gasteiger partial charge in [-0.1, -0.05) is 5.21 Å². The van der Waals surface area contributed by atoms with Crippen molar-refractivity contribution in [3.8, 4) is 0 Å². The number of hydrogen-bond donors (Lipinski definition) is 1. The van der Waals surface area contributed by atoms with E-state index in [-0.39, 0.29) is 5.82 Å². The zero-order valence-corrected chi connectivity index (χ0v) is 16.0. The second-order valence-corrected chi connectivity index (χ2v) is 7.68. The molecule has 6 nitrogen and oxygen atoms in total. The third-order valence-corrected chi connectivity index (χ3v) is 5.96. The van der Waals surface area contributed by atoms with Gasteiger partial charge in [-0.3, -0.25) is 0 Å². The van der Waals surface area contributed by atoms with Gasteiger partial charge in [-0.2, -0.15) is 0 Å². The molecule has 1 aromatic heterocycles. The summed E-state index contributed by atoms with van der Waals surface area (Å²) < 4.78 is 15.2. The fourth-order valence-electron chi connectivity index (χ4n) is 4.41. The minimum absolute atomic E-state index is 0.165. The van der Waals surface area contributed by atoms with Gasteiger partial charge < -0.3 is 15.1 Å². The molecular formula is C20H29FN6. The maximum Gasteiger partial charge on any atom is 0.123 e. The van der Waals surface area contributed by atoms with Crippen molar-refractivity contribution in [1.29, 1.82) is 0 Å². The molecule has 1 N–H and O–H groups in total. The van der Waals surface area contributed by atoms with Gasteiger partial charge in [0.05, 0.1) is 17.9 Å². The van der Waals surface area contributed by atoms with Crippen LogP contribution in [0, 0.1) is 5.82 Å². The Balaban J connectivity index is 1.26. The Bertz CT molecular complexity index is 714. The molecule has 27 heavy (non-hydrogen) atoms. The van der Waals surface area contributed by atoms with E-state index in [0.717, 1.165) is 56.9 Å². The summed E-state index contributed by atoms with van der Waals surface area (Å²) in [6, 6.07) is 8.02. The number of aromatic nitrogens is 3. The van der Waals surface area contributed by atoms with E-state index in [1.165, 1.54) is 12.8 Å². The van der Waals surface area contributed by atoms with Crippen LogP contribution in [0.4, 0.5) is 10.1 Å². The SMILES string of the molecule is CNCc1cn(C2CCN(C3CCN(c4ccc(F)cc4)CC3)CC2)nn1. The molecule has 0 bridgehead atoms. The van der Waals surface area contributed by atoms with Crippen LogP contribution in [-0.2, 0) is 6.54 Å². The van der Waals surface area contributed by atoms with Gasteiger partial charge in [-0.25, -0.2) is 9.07 Å². The van der Waals surface area contributed by atoms with Crippen molar-refractivity contribution >= 4 is 5.69 Å². The molecule has 2 aromatic rings. The Hall–Kier alpha value is -1.99. The Morgan fingerprint density at radius 2 is 1.67 bits per heavy atom. The van der Waals surface area contributed by atoms with Crippen molar-refractivity contribution in [1.82, 2.24) is 25.2 Å². The number of rotatable bonds is 5. The standard InChI is InChI=1S/C20H29FN6/c1-22-14-17-15-27(24-23-17)20-8-12-26(13-9-20)19-6-10-25(11-7-19)18-4-2-16(21)3-5-18/h2-5,15,19-20,22H,6-14H2,1H3. The highest BCUT2D eigenvalue weighted by Crippen LogP contribution is 2.28. The number of benzene rings is 1. The second kappa shape index (κ2) is 8.35. The molecule has 2 fully saturated rings. The number of nitrogens with zero attached hydrogens (tertiary/aromatic N) is 5. The lowest BCUT2D eigenvalue weighted by atomic mass is 9.97. The highest BCUT2D eigenvalue weighted by atomic mass is 19.1. The second-order valence-electron chi connectivity index (χ2n) is 7.68. The van der Waals surface area contributed by atoms with Crippen LogP contribution in [0.15, 0.2) is 30.5 Å². The lowest BCUT2D eigenvalue weighted by Gasteiger charge is -2.42. The summed E-state index contributed by atoms with van der Waals surface area (Å²) in [7, 11) is 1.93. The lowest BCUT2D eigenvalue weighted by Crippen LogP contribution is -2.48. The lowest BCUT2D eigenvalue weighted by molar-refractivity contribution is 0.113. The van der Waals surface area contributed by atoms with Gasteiger partial charge in [0.15, 0.2) is 0 Å². The summed E-state index contributed by atoms with van der Waals surface area (Å²) in [4.78, 5) is 5.03. The zero-order chi connectivity index (χ0) is 18.6. The van der Waals surface area contributed by atoms with Crippen LogP contribution < -0.4 is 10.2 Å². The first-order valence-corrected chi connectivity index (χ1v) is 10.0. The van der Waals surface area contributed by atoms with E-state index < -0.39 is 0 Å². The smallest absolute Gasteiger partial charge is 0.123 e. The Labute approximate surface area is 160 Å². The summed E-state index contributed by atoms with van der Waals surface area (Å²) in [6.07, 6.45) is 6.72. The summed E-state index contributed by atoms with van der Waals surface area (Å²) >= 11 is 0. The van der Waals surface area contributed by atoms with Crippen LogP contribution in [0.1, 0.15) is 37.4 Å². The van der Waals surface area contributed by atoms with E-state index in [2.05, 4.69) is 36.3 Å². The van der Waals surface area contributed by atoms with Gasteiger partial charge in [-0.05, 0) is 57.0 Å². The average Bonchev–Trinajstić information content (AvgIpc) is 3.18. The molecule has 4 rings (SSSR count). The van der Waals surface area contributed by atoms with Crippen LogP contribution in [0.3, 0.4) is 0 Å². The number of piperidine rings is 2. The molecule has 0 amide bonds. The van der Waals surface area contributed by atoms with E-state index in [1.807, 2.05) is 19.2 Å². The Kier molecular flexibility index (Phi) is 5.69. The number of halogens is 1. The molecule has 0 spiro atoms. The monoisotopic (exact) mass is 372 g/mol. The predicted molar refractivity (Wildman–Crippen MR) is 104 cm³/mol. The van der Waals surface area contributed by atoms with Crippen molar-refractivity contribution in [2.24, 2.45) is 0 Å². The number of anilines is 1. The first-order chi connectivity index (χ1) is 13.2. The van der Waals surface area contributed by atoms with Gasteiger partial charge in [0.25, 0.3) is 0 Å². The average molecular weight is 372 g/mol. The highest BCUT2D eigenvalue weighted by Gasteiger charge is 2.29. The van der Waals surface area contributed by atoms with Crippen molar-refractivity contribution < 1.29 is 4.39 Å². The molecule has 0 aliphatic carbocycles. The molecule has 2 saturated heterocycles. The molecule has 0 unspecified atom stereocenters. The summed E-state index contributed by atoms with van der Waals surface area (Å²) in [5, 5.41) is 11.7. The minimum atomic E-state index is -0.165. The van der Waals surface area contributed by atoms with E-state index in [1.54, 1.807) is 12.1 Å². The quantitative estimate of drug-likeness (QED) is 0.874. The van der Waals surface area contributed by atoms with E-state index in [4.69, 9.17) is 0 Å². The maximum atomic E-state index is 13.1. The molecule has 7 heteroatoms. The molecule has 0 radical (unpaired) electrons. The summed E-state index contributed by atoms with van der Waals surface area (Å²) in [5.41, 5.74) is 2.14. The van der Waals surface area contributed by atoms with Crippen LogP contribution >= 0.6 is 0 Å². The van der Waals surface area contributed by atoms with Gasteiger partial charge in [-0.15, -0.1) is 5.10 Å². The fraction of sp³-hybridized carbons (Fsp3) is 0.600. The van der Waals surface area contributed by atoms with Gasteiger partial charge in [0, 0.05) is 44.5 Å². The third-order valence-electron chi connectivity index (χ3n) is 5.96. The third kappa shape index (κ3) is 4.30. The van der Waals surface area contributed by atoms with Crippen LogP contribution in [0.25, 0.3) is 0 Å². The Morgan fingerprint density at radius 1 is 1.00 bits per heavy atom. The van der Waals surface area contributed by atoms with Gasteiger partial charge in [0.2, 0.25) is 0 Å².